The van der Waals surface area contributed by atoms with E-state index >= 15 is 0 Å². The number of carboxylic acid groups (broad SMARTS) is 3. The lowest BCUT2D eigenvalue weighted by Gasteiger charge is -2.41. The highest BCUT2D eigenvalue weighted by Gasteiger charge is 2.63. The van der Waals surface area contributed by atoms with Crippen molar-refractivity contribution in [2.45, 2.75) is 41.0 Å². The van der Waals surface area contributed by atoms with Crippen LogP contribution in [-0.4, -0.2) is 33.2 Å². The smallest absolute Gasteiger partial charge is 0.322 e. The lowest BCUT2D eigenvalue weighted by molar-refractivity contribution is -0.187. The molecule has 19 heavy (non-hydrogen) atoms. The second-order valence-corrected chi connectivity index (χ2v) is 6.19. The number of hydrogen-bond acceptors (Lipinski definition) is 3. The Labute approximate surface area is 112 Å². The average molecular weight is 274 g/mol. The number of rotatable bonds is 6. The highest BCUT2D eigenvalue weighted by atomic mass is 16.4. The van der Waals surface area contributed by atoms with Gasteiger partial charge in [0.25, 0.3) is 0 Å². The van der Waals surface area contributed by atoms with Crippen molar-refractivity contribution in [2.75, 3.05) is 0 Å². The zero-order valence-electron chi connectivity index (χ0n) is 11.9. The van der Waals surface area contributed by atoms with Crippen LogP contribution < -0.4 is 0 Å². The molecule has 0 radical (unpaired) electrons. The topological polar surface area (TPSA) is 112 Å². The normalized spacial score (nSPS) is 14.2. The van der Waals surface area contributed by atoms with Crippen LogP contribution in [0.25, 0.3) is 0 Å². The van der Waals surface area contributed by atoms with Crippen molar-refractivity contribution in [1.29, 1.82) is 0 Å². The molecule has 0 aliphatic carbocycles. The summed E-state index contributed by atoms with van der Waals surface area (Å²) in [5.41, 5.74) is -3.59. The van der Waals surface area contributed by atoms with Crippen LogP contribution in [0.5, 0.6) is 0 Å². The van der Waals surface area contributed by atoms with E-state index < -0.39 is 34.7 Å². The van der Waals surface area contributed by atoms with Gasteiger partial charge in [-0.2, -0.15) is 0 Å². The van der Waals surface area contributed by atoms with Crippen LogP contribution in [0, 0.1) is 22.7 Å². The molecule has 0 fully saturated rings. The molecule has 6 nitrogen and oxygen atoms in total. The molecule has 0 heterocycles. The summed E-state index contributed by atoms with van der Waals surface area (Å²) in [7, 11) is 0. The van der Waals surface area contributed by atoms with Crippen LogP contribution in [0.2, 0.25) is 0 Å². The van der Waals surface area contributed by atoms with Crippen molar-refractivity contribution < 1.29 is 29.7 Å². The molecule has 0 saturated carbocycles. The number of carboxylic acids is 3. The van der Waals surface area contributed by atoms with Crippen LogP contribution in [0.3, 0.4) is 0 Å². The SMILES string of the molecule is CC(C)C[C@@H](C(=O)O)C(C(=O)O)(C(=O)O)C(C)(C)C. The minimum absolute atomic E-state index is 0.00873. The Morgan fingerprint density at radius 3 is 1.47 bits per heavy atom. The van der Waals surface area contributed by atoms with Gasteiger partial charge in [0.15, 0.2) is 5.41 Å². The molecular weight excluding hydrogens is 252 g/mol. The van der Waals surface area contributed by atoms with E-state index in [1.807, 2.05) is 0 Å². The zero-order valence-corrected chi connectivity index (χ0v) is 11.9. The van der Waals surface area contributed by atoms with Gasteiger partial charge in [0, 0.05) is 0 Å². The summed E-state index contributed by atoms with van der Waals surface area (Å²) < 4.78 is 0. The first-order chi connectivity index (χ1) is 8.38. The second-order valence-electron chi connectivity index (χ2n) is 6.19. The molecule has 3 N–H and O–H groups in total. The van der Waals surface area contributed by atoms with Gasteiger partial charge in [-0.05, 0) is 17.8 Å². The molecule has 0 rings (SSSR count). The van der Waals surface area contributed by atoms with E-state index in [-0.39, 0.29) is 12.3 Å². The third-order valence-corrected chi connectivity index (χ3v) is 3.39. The summed E-state index contributed by atoms with van der Waals surface area (Å²) in [6, 6.07) is 0. The fourth-order valence-electron chi connectivity index (χ4n) is 2.49. The molecule has 0 aromatic carbocycles. The van der Waals surface area contributed by atoms with Gasteiger partial charge in [-0.15, -0.1) is 0 Å². The standard InChI is InChI=1S/C13H22O6/c1-7(2)6-8(9(14)15)13(10(16)17,11(18)19)12(3,4)5/h7-8H,6H2,1-5H3,(H,14,15)(H,16,17)(H,18,19)/t8-/m0/s1. The average Bonchev–Trinajstić information content (AvgIpc) is 2.12. The highest BCUT2D eigenvalue weighted by Crippen LogP contribution is 2.48. The molecule has 0 bridgehead atoms. The maximum Gasteiger partial charge on any atom is 0.322 e. The van der Waals surface area contributed by atoms with Crippen molar-refractivity contribution in [3.63, 3.8) is 0 Å². The van der Waals surface area contributed by atoms with Crippen molar-refractivity contribution in [3.05, 3.63) is 0 Å². The maximum atomic E-state index is 11.6. The van der Waals surface area contributed by atoms with Crippen molar-refractivity contribution in [2.24, 2.45) is 22.7 Å². The van der Waals surface area contributed by atoms with E-state index in [0.29, 0.717) is 0 Å². The van der Waals surface area contributed by atoms with Crippen LogP contribution in [0.1, 0.15) is 41.0 Å². The van der Waals surface area contributed by atoms with E-state index in [1.165, 1.54) is 20.8 Å². The van der Waals surface area contributed by atoms with E-state index in [0.717, 1.165) is 0 Å². The van der Waals surface area contributed by atoms with Crippen molar-refractivity contribution in [3.8, 4) is 0 Å². The number of aliphatic carboxylic acids is 3. The molecule has 0 aliphatic rings. The van der Waals surface area contributed by atoms with Crippen LogP contribution in [0.4, 0.5) is 0 Å². The maximum absolute atomic E-state index is 11.6. The summed E-state index contributed by atoms with van der Waals surface area (Å²) in [5, 5.41) is 28.1. The molecule has 0 aromatic heterocycles. The molecule has 0 saturated heterocycles. The van der Waals surface area contributed by atoms with E-state index in [9.17, 15) is 29.7 Å². The molecule has 0 spiro atoms. The van der Waals surface area contributed by atoms with E-state index in [2.05, 4.69) is 0 Å². The van der Waals surface area contributed by atoms with Gasteiger partial charge in [-0.3, -0.25) is 14.4 Å². The Morgan fingerprint density at radius 2 is 1.32 bits per heavy atom. The van der Waals surface area contributed by atoms with Gasteiger partial charge in [0.05, 0.1) is 5.92 Å². The predicted molar refractivity (Wildman–Crippen MR) is 67.7 cm³/mol. The summed E-state index contributed by atoms with van der Waals surface area (Å²) >= 11 is 0. The molecule has 1 atom stereocenters. The first-order valence-corrected chi connectivity index (χ1v) is 6.08. The Morgan fingerprint density at radius 1 is 0.947 bits per heavy atom. The Kier molecular flexibility index (Phi) is 5.12. The molecule has 0 amide bonds. The molecular formula is C13H22O6. The molecule has 0 aromatic rings. The third kappa shape index (κ3) is 3.05. The minimum Gasteiger partial charge on any atom is -0.481 e. The number of hydrogen-bond donors (Lipinski definition) is 3. The van der Waals surface area contributed by atoms with Crippen LogP contribution in [0.15, 0.2) is 0 Å². The van der Waals surface area contributed by atoms with Crippen molar-refractivity contribution >= 4 is 17.9 Å². The zero-order chi connectivity index (χ0) is 15.6. The summed E-state index contributed by atoms with van der Waals surface area (Å²) in [5.74, 6) is -6.22. The van der Waals surface area contributed by atoms with Crippen molar-refractivity contribution in [1.82, 2.24) is 0 Å². The third-order valence-electron chi connectivity index (χ3n) is 3.39. The molecule has 0 aliphatic heterocycles. The Hall–Kier alpha value is -1.59. The Bertz CT molecular complexity index is 363. The van der Waals surface area contributed by atoms with Gasteiger partial charge in [0.1, 0.15) is 0 Å². The summed E-state index contributed by atoms with van der Waals surface area (Å²) in [6.45, 7) is 7.77. The summed E-state index contributed by atoms with van der Waals surface area (Å²) in [6.07, 6.45) is -0.00873. The van der Waals surface area contributed by atoms with E-state index in [4.69, 9.17) is 0 Å². The van der Waals surface area contributed by atoms with Gasteiger partial charge in [0.2, 0.25) is 0 Å². The largest absolute Gasteiger partial charge is 0.481 e. The Balaban J connectivity index is 6.14. The monoisotopic (exact) mass is 274 g/mol. The fourth-order valence-corrected chi connectivity index (χ4v) is 2.49. The molecule has 110 valence electrons. The van der Waals surface area contributed by atoms with E-state index in [1.54, 1.807) is 13.8 Å². The first kappa shape index (κ1) is 17.4. The minimum atomic E-state index is -2.36. The predicted octanol–water partition coefficient (Wildman–Crippen LogP) is 1.93. The first-order valence-electron chi connectivity index (χ1n) is 6.08. The molecule has 0 unspecified atom stereocenters. The molecule has 6 heteroatoms. The van der Waals surface area contributed by atoms with Gasteiger partial charge in [-0.1, -0.05) is 34.6 Å². The lowest BCUT2D eigenvalue weighted by atomic mass is 9.58. The second kappa shape index (κ2) is 5.59. The summed E-state index contributed by atoms with van der Waals surface area (Å²) in [4.78, 5) is 34.6. The number of carbonyl (C=O) groups is 3. The van der Waals surface area contributed by atoms with Crippen LogP contribution >= 0.6 is 0 Å². The lowest BCUT2D eigenvalue weighted by Crippen LogP contribution is -2.57. The highest BCUT2D eigenvalue weighted by molar-refractivity contribution is 6.03. The van der Waals surface area contributed by atoms with Crippen LogP contribution in [-0.2, 0) is 14.4 Å². The van der Waals surface area contributed by atoms with Gasteiger partial charge < -0.3 is 15.3 Å². The quantitative estimate of drug-likeness (QED) is 0.638. The van der Waals surface area contributed by atoms with Gasteiger partial charge >= 0.3 is 17.9 Å². The fraction of sp³-hybridized carbons (Fsp3) is 0.769. The van der Waals surface area contributed by atoms with Gasteiger partial charge in [-0.25, -0.2) is 0 Å².